The zero-order valence-electron chi connectivity index (χ0n) is 15.6. The van der Waals surface area contributed by atoms with Crippen LogP contribution in [0.1, 0.15) is 22.8 Å². The van der Waals surface area contributed by atoms with Crippen LogP contribution in [0.2, 0.25) is 5.02 Å². The van der Waals surface area contributed by atoms with Gasteiger partial charge in [-0.3, -0.25) is 19.4 Å². The SMILES string of the molecule is CCn1c(=N)c(C(=O)NCc2ccccc2Cl)cc2c(=O)n3ccccc3nc21. The van der Waals surface area contributed by atoms with Gasteiger partial charge >= 0.3 is 0 Å². The molecule has 0 fully saturated rings. The molecule has 0 unspecified atom stereocenters. The number of halogens is 1. The Labute approximate surface area is 170 Å². The Morgan fingerprint density at radius 3 is 2.72 bits per heavy atom. The number of amides is 1. The Morgan fingerprint density at radius 1 is 1.21 bits per heavy atom. The second kappa shape index (κ2) is 7.52. The van der Waals surface area contributed by atoms with Crippen LogP contribution in [0.4, 0.5) is 0 Å². The molecular weight excluding hydrogens is 390 g/mol. The van der Waals surface area contributed by atoms with Crippen molar-refractivity contribution in [1.82, 2.24) is 19.3 Å². The number of pyridine rings is 2. The molecule has 0 spiro atoms. The normalized spacial score (nSPS) is 11.1. The smallest absolute Gasteiger partial charge is 0.267 e. The molecular formula is C21H18ClN5O2. The summed E-state index contributed by atoms with van der Waals surface area (Å²) in [6.07, 6.45) is 1.63. The average Bonchev–Trinajstić information content (AvgIpc) is 2.73. The molecule has 0 radical (unpaired) electrons. The highest BCUT2D eigenvalue weighted by molar-refractivity contribution is 6.31. The lowest BCUT2D eigenvalue weighted by atomic mass is 10.1. The number of nitrogens with one attached hydrogen (secondary N) is 2. The zero-order chi connectivity index (χ0) is 20.5. The second-order valence-corrected chi connectivity index (χ2v) is 6.92. The van der Waals surface area contributed by atoms with Crippen molar-refractivity contribution >= 4 is 34.2 Å². The van der Waals surface area contributed by atoms with Crippen molar-refractivity contribution in [3.05, 3.63) is 86.7 Å². The number of hydrogen-bond donors (Lipinski definition) is 2. The van der Waals surface area contributed by atoms with Gasteiger partial charge in [0.15, 0.2) is 0 Å². The third-order valence-electron chi connectivity index (χ3n) is 4.78. The van der Waals surface area contributed by atoms with Crippen LogP contribution in [0.5, 0.6) is 0 Å². The van der Waals surface area contributed by atoms with E-state index >= 15 is 0 Å². The first-order valence-electron chi connectivity index (χ1n) is 9.12. The Balaban J connectivity index is 1.83. The lowest BCUT2D eigenvalue weighted by Crippen LogP contribution is -2.34. The molecule has 146 valence electrons. The van der Waals surface area contributed by atoms with E-state index in [0.29, 0.717) is 22.9 Å². The fraction of sp³-hybridized carbons (Fsp3) is 0.143. The van der Waals surface area contributed by atoms with Gasteiger partial charge in [0.1, 0.15) is 16.8 Å². The van der Waals surface area contributed by atoms with Gasteiger partial charge in [0.05, 0.1) is 10.9 Å². The van der Waals surface area contributed by atoms with E-state index in [-0.39, 0.29) is 28.5 Å². The number of hydrogen-bond acceptors (Lipinski definition) is 4. The number of fused-ring (bicyclic) bond motifs is 2. The number of aromatic nitrogens is 3. The monoisotopic (exact) mass is 407 g/mol. The molecule has 0 aliphatic carbocycles. The van der Waals surface area contributed by atoms with Crippen molar-refractivity contribution in [3.8, 4) is 0 Å². The topological polar surface area (TPSA) is 92.2 Å². The second-order valence-electron chi connectivity index (χ2n) is 6.51. The maximum atomic E-state index is 13.0. The van der Waals surface area contributed by atoms with Crippen LogP contribution in [0.15, 0.2) is 59.5 Å². The highest BCUT2D eigenvalue weighted by Gasteiger charge is 2.17. The number of aryl methyl sites for hydroxylation is 1. The third kappa shape index (κ3) is 3.30. The third-order valence-corrected chi connectivity index (χ3v) is 5.15. The summed E-state index contributed by atoms with van der Waals surface area (Å²) in [7, 11) is 0. The maximum Gasteiger partial charge on any atom is 0.267 e. The van der Waals surface area contributed by atoms with Gasteiger partial charge in [0.2, 0.25) is 0 Å². The minimum atomic E-state index is -0.448. The van der Waals surface area contributed by atoms with E-state index in [2.05, 4.69) is 10.3 Å². The zero-order valence-corrected chi connectivity index (χ0v) is 16.4. The molecule has 4 aromatic rings. The van der Waals surface area contributed by atoms with Gasteiger partial charge in [-0.05, 0) is 36.8 Å². The molecule has 2 N–H and O–H groups in total. The van der Waals surface area contributed by atoms with Crippen LogP contribution in [-0.4, -0.2) is 19.9 Å². The molecule has 8 heteroatoms. The average molecular weight is 408 g/mol. The molecule has 0 atom stereocenters. The van der Waals surface area contributed by atoms with Crippen LogP contribution in [0.3, 0.4) is 0 Å². The standard InChI is InChI=1S/C21H18ClN5O2/c1-2-26-18(23)14(20(28)24-12-13-7-3-4-8-16(13)22)11-15-19(26)25-17-9-5-6-10-27(17)21(15)29/h3-11,23H,2,12H2,1H3,(H,24,28). The van der Waals surface area contributed by atoms with E-state index < -0.39 is 5.91 Å². The van der Waals surface area contributed by atoms with Gasteiger partial charge in [-0.15, -0.1) is 0 Å². The lowest BCUT2D eigenvalue weighted by Gasteiger charge is -2.13. The number of nitrogens with zero attached hydrogens (tertiary/aromatic N) is 3. The molecule has 3 heterocycles. The van der Waals surface area contributed by atoms with E-state index in [1.165, 1.54) is 10.5 Å². The fourth-order valence-electron chi connectivity index (χ4n) is 3.28. The predicted molar refractivity (Wildman–Crippen MR) is 111 cm³/mol. The summed E-state index contributed by atoms with van der Waals surface area (Å²) < 4.78 is 2.99. The summed E-state index contributed by atoms with van der Waals surface area (Å²) in [6.45, 7) is 2.46. The molecule has 0 bridgehead atoms. The summed E-state index contributed by atoms with van der Waals surface area (Å²) in [4.78, 5) is 30.3. The van der Waals surface area contributed by atoms with Crippen LogP contribution >= 0.6 is 11.6 Å². The van der Waals surface area contributed by atoms with Crippen molar-refractivity contribution in [2.45, 2.75) is 20.0 Å². The number of carbonyl (C=O) groups is 1. The summed E-state index contributed by atoms with van der Waals surface area (Å²) >= 11 is 6.14. The number of carbonyl (C=O) groups excluding carboxylic acids is 1. The van der Waals surface area contributed by atoms with E-state index in [9.17, 15) is 9.59 Å². The Kier molecular flexibility index (Phi) is 4.90. The van der Waals surface area contributed by atoms with E-state index in [1.54, 1.807) is 35.0 Å². The Morgan fingerprint density at radius 2 is 1.97 bits per heavy atom. The first-order valence-corrected chi connectivity index (χ1v) is 9.50. The van der Waals surface area contributed by atoms with Crippen molar-refractivity contribution in [1.29, 1.82) is 5.41 Å². The van der Waals surface area contributed by atoms with Gasteiger partial charge in [-0.1, -0.05) is 35.9 Å². The molecule has 1 amide bonds. The van der Waals surface area contributed by atoms with E-state index in [0.717, 1.165) is 5.56 Å². The Bertz CT molecular complexity index is 1370. The van der Waals surface area contributed by atoms with Crippen LogP contribution < -0.4 is 16.4 Å². The molecule has 4 rings (SSSR count). The molecule has 0 saturated heterocycles. The largest absolute Gasteiger partial charge is 0.348 e. The number of benzene rings is 1. The van der Waals surface area contributed by atoms with Gasteiger partial charge in [-0.2, -0.15) is 0 Å². The van der Waals surface area contributed by atoms with Gasteiger partial charge in [0.25, 0.3) is 11.5 Å². The van der Waals surface area contributed by atoms with Gasteiger partial charge < -0.3 is 9.88 Å². The first-order chi connectivity index (χ1) is 14.0. The highest BCUT2D eigenvalue weighted by Crippen LogP contribution is 2.15. The van der Waals surface area contributed by atoms with Crippen LogP contribution in [0, 0.1) is 5.41 Å². The van der Waals surface area contributed by atoms with Gasteiger partial charge in [0, 0.05) is 24.3 Å². The Hall–Kier alpha value is -3.45. The fourth-order valence-corrected chi connectivity index (χ4v) is 3.48. The summed E-state index contributed by atoms with van der Waals surface area (Å²) in [5, 5.41) is 12.1. The quantitative estimate of drug-likeness (QED) is 0.509. The van der Waals surface area contributed by atoms with Crippen molar-refractivity contribution in [2.75, 3.05) is 0 Å². The minimum absolute atomic E-state index is 0.00356. The molecule has 3 aromatic heterocycles. The maximum absolute atomic E-state index is 13.0. The van der Waals surface area contributed by atoms with E-state index in [1.807, 2.05) is 25.1 Å². The molecule has 1 aromatic carbocycles. The molecule has 0 saturated carbocycles. The predicted octanol–water partition coefficient (Wildman–Crippen LogP) is 2.73. The summed E-state index contributed by atoms with van der Waals surface area (Å²) in [6, 6.07) is 13.9. The first kappa shape index (κ1) is 18.9. The lowest BCUT2D eigenvalue weighted by molar-refractivity contribution is 0.0948. The van der Waals surface area contributed by atoms with E-state index in [4.69, 9.17) is 17.0 Å². The summed E-state index contributed by atoms with van der Waals surface area (Å²) in [5.74, 6) is -0.448. The van der Waals surface area contributed by atoms with Crippen molar-refractivity contribution in [3.63, 3.8) is 0 Å². The van der Waals surface area contributed by atoms with Crippen molar-refractivity contribution in [2.24, 2.45) is 0 Å². The van der Waals surface area contributed by atoms with Crippen LogP contribution in [0.25, 0.3) is 16.7 Å². The molecule has 29 heavy (non-hydrogen) atoms. The summed E-state index contributed by atoms with van der Waals surface area (Å²) in [5.41, 5.74) is 1.47. The molecule has 0 aliphatic rings. The molecule has 0 aliphatic heterocycles. The minimum Gasteiger partial charge on any atom is -0.348 e. The van der Waals surface area contributed by atoms with Gasteiger partial charge in [-0.25, -0.2) is 4.98 Å². The van der Waals surface area contributed by atoms with Crippen molar-refractivity contribution < 1.29 is 4.79 Å². The highest BCUT2D eigenvalue weighted by atomic mass is 35.5. The number of rotatable bonds is 4. The molecule has 7 nitrogen and oxygen atoms in total. The van der Waals surface area contributed by atoms with Crippen LogP contribution in [-0.2, 0) is 13.1 Å².